The third-order valence-corrected chi connectivity index (χ3v) is 3.27. The summed E-state index contributed by atoms with van der Waals surface area (Å²) in [6.07, 6.45) is 2.02. The van der Waals surface area contributed by atoms with E-state index in [0.717, 1.165) is 12.8 Å². The van der Waals surface area contributed by atoms with Crippen LogP contribution in [0.1, 0.15) is 43.5 Å². The van der Waals surface area contributed by atoms with E-state index in [0.29, 0.717) is 36.0 Å². The Bertz CT molecular complexity index is 475. The van der Waals surface area contributed by atoms with Crippen molar-refractivity contribution in [3.8, 4) is 0 Å². The predicted molar refractivity (Wildman–Crippen MR) is 85.5 cm³/mol. The van der Waals surface area contributed by atoms with E-state index in [1.165, 1.54) is 0 Å². The lowest BCUT2D eigenvalue weighted by Crippen LogP contribution is -2.28. The van der Waals surface area contributed by atoms with Gasteiger partial charge in [-0.1, -0.05) is 37.6 Å². The van der Waals surface area contributed by atoms with Gasteiger partial charge in [-0.15, -0.1) is 0 Å². The average Bonchev–Trinajstić information content (AvgIpc) is 2.45. The number of halogens is 1. The maximum absolute atomic E-state index is 11.9. The van der Waals surface area contributed by atoms with Gasteiger partial charge in [0.2, 0.25) is 5.91 Å². The topological polar surface area (TPSA) is 58.2 Å². The molecule has 1 aromatic rings. The number of hydrogen-bond acceptors (Lipinski definition) is 2. The van der Waals surface area contributed by atoms with Crippen molar-refractivity contribution < 1.29 is 9.59 Å². The molecule has 2 N–H and O–H groups in total. The quantitative estimate of drug-likeness (QED) is 0.725. The van der Waals surface area contributed by atoms with Gasteiger partial charge in [-0.2, -0.15) is 0 Å². The monoisotopic (exact) mass is 310 g/mol. The van der Waals surface area contributed by atoms with Crippen molar-refractivity contribution in [1.82, 2.24) is 10.6 Å². The molecule has 1 aromatic carbocycles. The zero-order valence-corrected chi connectivity index (χ0v) is 13.4. The zero-order valence-electron chi connectivity index (χ0n) is 12.6. The highest BCUT2D eigenvalue weighted by Crippen LogP contribution is 2.14. The van der Waals surface area contributed by atoms with E-state index in [-0.39, 0.29) is 11.8 Å². The van der Waals surface area contributed by atoms with Gasteiger partial charge < -0.3 is 10.6 Å². The van der Waals surface area contributed by atoms with E-state index < -0.39 is 0 Å². The van der Waals surface area contributed by atoms with Gasteiger partial charge in [-0.3, -0.25) is 9.59 Å². The van der Waals surface area contributed by atoms with Gasteiger partial charge in [0.25, 0.3) is 5.91 Å². The Morgan fingerprint density at radius 2 is 1.86 bits per heavy atom. The fourth-order valence-corrected chi connectivity index (χ4v) is 1.98. The van der Waals surface area contributed by atoms with Crippen LogP contribution in [0.5, 0.6) is 0 Å². The molecule has 0 spiro atoms. The van der Waals surface area contributed by atoms with Gasteiger partial charge in [0.15, 0.2) is 0 Å². The molecule has 0 atom stereocenters. The fourth-order valence-electron chi connectivity index (χ4n) is 1.76. The smallest absolute Gasteiger partial charge is 0.252 e. The summed E-state index contributed by atoms with van der Waals surface area (Å²) in [5, 5.41) is 6.13. The van der Waals surface area contributed by atoms with Crippen LogP contribution in [0.3, 0.4) is 0 Å². The largest absolute Gasteiger partial charge is 0.356 e. The summed E-state index contributed by atoms with van der Waals surface area (Å²) >= 11 is 5.95. The minimum atomic E-state index is -0.176. The van der Waals surface area contributed by atoms with Crippen LogP contribution >= 0.6 is 11.6 Å². The molecule has 0 aromatic heterocycles. The van der Waals surface area contributed by atoms with E-state index in [9.17, 15) is 9.59 Å². The van der Waals surface area contributed by atoms with Crippen LogP contribution in [0.2, 0.25) is 5.02 Å². The van der Waals surface area contributed by atoms with E-state index in [4.69, 9.17) is 11.6 Å². The minimum Gasteiger partial charge on any atom is -0.356 e. The van der Waals surface area contributed by atoms with E-state index in [2.05, 4.69) is 24.5 Å². The van der Waals surface area contributed by atoms with Crippen molar-refractivity contribution >= 4 is 23.4 Å². The summed E-state index contributed by atoms with van der Waals surface area (Å²) in [6.45, 7) is 5.37. The Morgan fingerprint density at radius 3 is 2.52 bits per heavy atom. The Balaban J connectivity index is 2.16. The maximum Gasteiger partial charge on any atom is 0.252 e. The van der Waals surface area contributed by atoms with Crippen LogP contribution < -0.4 is 10.6 Å². The van der Waals surface area contributed by atoms with Crippen molar-refractivity contribution in [1.29, 1.82) is 0 Å². The van der Waals surface area contributed by atoms with Gasteiger partial charge in [-0.25, -0.2) is 0 Å². The lowest BCUT2D eigenvalue weighted by atomic mass is 10.2. The number of amides is 2. The molecular formula is C16H23ClN2O2. The normalized spacial score (nSPS) is 10.5. The fraction of sp³-hybridized carbons (Fsp3) is 0.500. The standard InChI is InChI=1S/C16H23ClN2O2/c1-12(2)11-19-15(20)9-5-6-10-18-16(21)13-7-3-4-8-14(13)17/h3-4,7-8,12H,5-6,9-11H2,1-2H3,(H,18,21)(H,19,20). The van der Waals surface area contributed by atoms with Gasteiger partial charge in [-0.05, 0) is 30.9 Å². The number of unbranched alkanes of at least 4 members (excludes halogenated alkanes) is 1. The van der Waals surface area contributed by atoms with Crippen LogP contribution in [-0.2, 0) is 4.79 Å². The summed E-state index contributed by atoms with van der Waals surface area (Å²) < 4.78 is 0. The molecule has 116 valence electrons. The van der Waals surface area contributed by atoms with Crippen LogP contribution in [0.25, 0.3) is 0 Å². The SMILES string of the molecule is CC(C)CNC(=O)CCCCNC(=O)c1ccccc1Cl. The number of carbonyl (C=O) groups excluding carboxylic acids is 2. The van der Waals surface area contributed by atoms with Gasteiger partial charge in [0.1, 0.15) is 0 Å². The van der Waals surface area contributed by atoms with Crippen molar-refractivity contribution in [2.45, 2.75) is 33.1 Å². The molecule has 0 saturated heterocycles. The first-order valence-electron chi connectivity index (χ1n) is 7.30. The number of rotatable bonds is 8. The molecular weight excluding hydrogens is 288 g/mol. The second kappa shape index (κ2) is 9.40. The molecule has 0 fully saturated rings. The highest BCUT2D eigenvalue weighted by atomic mass is 35.5. The third kappa shape index (κ3) is 7.14. The molecule has 1 rings (SSSR count). The summed E-state index contributed by atoms with van der Waals surface area (Å²) in [4.78, 5) is 23.4. The first kappa shape index (κ1) is 17.5. The number of hydrogen-bond donors (Lipinski definition) is 2. The van der Waals surface area contributed by atoms with Gasteiger partial charge in [0.05, 0.1) is 10.6 Å². The Labute approximate surface area is 131 Å². The van der Waals surface area contributed by atoms with Crippen LogP contribution in [0.4, 0.5) is 0 Å². The molecule has 0 unspecified atom stereocenters. The molecule has 21 heavy (non-hydrogen) atoms. The minimum absolute atomic E-state index is 0.0705. The van der Waals surface area contributed by atoms with Gasteiger partial charge in [0, 0.05) is 19.5 Å². The zero-order chi connectivity index (χ0) is 15.7. The number of nitrogens with one attached hydrogen (secondary N) is 2. The van der Waals surface area contributed by atoms with Crippen molar-refractivity contribution in [2.24, 2.45) is 5.92 Å². The molecule has 0 saturated carbocycles. The molecule has 0 aliphatic carbocycles. The molecule has 0 aliphatic rings. The second-order valence-corrected chi connectivity index (χ2v) is 5.80. The van der Waals surface area contributed by atoms with E-state index >= 15 is 0 Å². The van der Waals surface area contributed by atoms with Crippen molar-refractivity contribution in [3.05, 3.63) is 34.9 Å². The number of carbonyl (C=O) groups is 2. The van der Waals surface area contributed by atoms with Crippen LogP contribution in [0, 0.1) is 5.92 Å². The molecule has 4 nitrogen and oxygen atoms in total. The van der Waals surface area contributed by atoms with E-state index in [1.54, 1.807) is 24.3 Å². The summed E-state index contributed by atoms with van der Waals surface area (Å²) in [6, 6.07) is 6.95. The van der Waals surface area contributed by atoms with E-state index in [1.807, 2.05) is 0 Å². The van der Waals surface area contributed by atoms with Crippen LogP contribution in [0.15, 0.2) is 24.3 Å². The molecule has 0 aliphatic heterocycles. The third-order valence-electron chi connectivity index (χ3n) is 2.94. The first-order chi connectivity index (χ1) is 10.0. The first-order valence-corrected chi connectivity index (χ1v) is 7.68. The lowest BCUT2D eigenvalue weighted by Gasteiger charge is -2.08. The average molecular weight is 311 g/mol. The Hall–Kier alpha value is -1.55. The molecule has 0 bridgehead atoms. The highest BCUT2D eigenvalue weighted by Gasteiger charge is 2.08. The highest BCUT2D eigenvalue weighted by molar-refractivity contribution is 6.33. The molecule has 0 heterocycles. The molecule has 2 amide bonds. The predicted octanol–water partition coefficient (Wildman–Crippen LogP) is 3.01. The van der Waals surface area contributed by atoms with Gasteiger partial charge >= 0.3 is 0 Å². The number of benzene rings is 1. The maximum atomic E-state index is 11.9. The van der Waals surface area contributed by atoms with Crippen molar-refractivity contribution in [2.75, 3.05) is 13.1 Å². The molecule has 5 heteroatoms. The molecule has 0 radical (unpaired) electrons. The summed E-state index contributed by atoms with van der Waals surface area (Å²) in [5.41, 5.74) is 0.480. The Morgan fingerprint density at radius 1 is 1.14 bits per heavy atom. The van der Waals surface area contributed by atoms with Crippen LogP contribution in [-0.4, -0.2) is 24.9 Å². The summed E-state index contributed by atoms with van der Waals surface area (Å²) in [7, 11) is 0. The second-order valence-electron chi connectivity index (χ2n) is 5.39. The van der Waals surface area contributed by atoms with Crippen molar-refractivity contribution in [3.63, 3.8) is 0 Å². The Kier molecular flexibility index (Phi) is 7.83. The lowest BCUT2D eigenvalue weighted by molar-refractivity contribution is -0.121. The summed E-state index contributed by atoms with van der Waals surface area (Å²) in [5.74, 6) is 0.356.